The first kappa shape index (κ1) is 11.3. The van der Waals surface area contributed by atoms with Gasteiger partial charge < -0.3 is 14.8 Å². The third kappa shape index (κ3) is 2.70. The first-order chi connectivity index (χ1) is 8.16. The summed E-state index contributed by atoms with van der Waals surface area (Å²) in [5.41, 5.74) is 1.66. The molecule has 0 fully saturated rings. The van der Waals surface area contributed by atoms with Gasteiger partial charge in [-0.05, 0) is 12.1 Å². The Labute approximate surface area is 99.9 Å². The number of carbonyl (C=O) groups is 2. The largest absolute Gasteiger partial charge is 0.475 e. The van der Waals surface area contributed by atoms with Gasteiger partial charge in [0.1, 0.15) is 0 Å². The number of aromatic carboxylic acids is 1. The van der Waals surface area contributed by atoms with Crippen molar-refractivity contribution in [2.24, 2.45) is 0 Å². The molecular formula is C10H8N2O4S. The summed E-state index contributed by atoms with van der Waals surface area (Å²) in [6, 6.07) is 2.56. The van der Waals surface area contributed by atoms with E-state index < -0.39 is 11.9 Å². The summed E-state index contributed by atoms with van der Waals surface area (Å²) in [6.45, 7) is 0.340. The molecule has 88 valence electrons. The van der Waals surface area contributed by atoms with Gasteiger partial charge in [-0.2, -0.15) is 0 Å². The van der Waals surface area contributed by atoms with Crippen LogP contribution >= 0.6 is 11.3 Å². The molecule has 0 unspecified atom stereocenters. The zero-order valence-electron chi connectivity index (χ0n) is 8.54. The van der Waals surface area contributed by atoms with E-state index in [1.54, 1.807) is 11.7 Å². The molecule has 1 amide bonds. The SMILES string of the molecule is O=C(O)c1ccc(C(=O)NCc2cncs2)o1. The Morgan fingerprint density at radius 1 is 1.41 bits per heavy atom. The lowest BCUT2D eigenvalue weighted by Gasteiger charge is -1.99. The van der Waals surface area contributed by atoms with Crippen LogP contribution in [0.25, 0.3) is 0 Å². The zero-order valence-corrected chi connectivity index (χ0v) is 9.36. The summed E-state index contributed by atoms with van der Waals surface area (Å²) < 4.78 is 4.85. The number of carboxylic acids is 1. The maximum atomic E-state index is 11.6. The molecule has 0 aliphatic heterocycles. The van der Waals surface area contributed by atoms with E-state index in [4.69, 9.17) is 9.52 Å². The molecule has 2 aromatic heterocycles. The predicted octanol–water partition coefficient (Wildman–Crippen LogP) is 1.36. The van der Waals surface area contributed by atoms with Crippen molar-refractivity contribution in [1.82, 2.24) is 10.3 Å². The van der Waals surface area contributed by atoms with Gasteiger partial charge in [-0.25, -0.2) is 4.79 Å². The molecule has 0 saturated heterocycles. The molecule has 0 radical (unpaired) electrons. The van der Waals surface area contributed by atoms with Crippen LogP contribution in [0.1, 0.15) is 26.0 Å². The van der Waals surface area contributed by atoms with Crippen molar-refractivity contribution in [2.45, 2.75) is 6.54 Å². The van der Waals surface area contributed by atoms with E-state index in [9.17, 15) is 9.59 Å². The number of aromatic nitrogens is 1. The molecule has 0 aliphatic rings. The van der Waals surface area contributed by atoms with Crippen molar-refractivity contribution in [2.75, 3.05) is 0 Å². The van der Waals surface area contributed by atoms with Crippen LogP contribution in [-0.2, 0) is 6.54 Å². The lowest BCUT2D eigenvalue weighted by molar-refractivity contribution is 0.0659. The van der Waals surface area contributed by atoms with Crippen LogP contribution in [0.5, 0.6) is 0 Å². The highest BCUT2D eigenvalue weighted by atomic mass is 32.1. The molecular weight excluding hydrogens is 244 g/mol. The highest BCUT2D eigenvalue weighted by Gasteiger charge is 2.14. The summed E-state index contributed by atoms with van der Waals surface area (Å²) in [7, 11) is 0. The van der Waals surface area contributed by atoms with Gasteiger partial charge in [0.05, 0.1) is 12.1 Å². The van der Waals surface area contributed by atoms with Crippen molar-refractivity contribution in [3.05, 3.63) is 40.2 Å². The first-order valence-electron chi connectivity index (χ1n) is 4.65. The highest BCUT2D eigenvalue weighted by Crippen LogP contribution is 2.09. The van der Waals surface area contributed by atoms with Gasteiger partial charge in [0.2, 0.25) is 5.76 Å². The van der Waals surface area contributed by atoms with Gasteiger partial charge in [0.25, 0.3) is 5.91 Å². The number of hydrogen-bond acceptors (Lipinski definition) is 5. The Morgan fingerprint density at radius 2 is 2.18 bits per heavy atom. The van der Waals surface area contributed by atoms with Gasteiger partial charge >= 0.3 is 5.97 Å². The second-order valence-corrected chi connectivity index (χ2v) is 4.09. The van der Waals surface area contributed by atoms with E-state index >= 15 is 0 Å². The molecule has 0 aromatic carbocycles. The van der Waals surface area contributed by atoms with Crippen LogP contribution in [0.15, 0.2) is 28.3 Å². The quantitative estimate of drug-likeness (QED) is 0.857. The maximum absolute atomic E-state index is 11.6. The molecule has 2 aromatic rings. The van der Waals surface area contributed by atoms with E-state index in [1.807, 2.05) is 0 Å². The summed E-state index contributed by atoms with van der Waals surface area (Å²) in [5.74, 6) is -1.93. The van der Waals surface area contributed by atoms with Crippen LogP contribution in [-0.4, -0.2) is 22.0 Å². The molecule has 2 N–H and O–H groups in total. The van der Waals surface area contributed by atoms with Crippen molar-refractivity contribution in [3.8, 4) is 0 Å². The van der Waals surface area contributed by atoms with Crippen molar-refractivity contribution in [1.29, 1.82) is 0 Å². The zero-order chi connectivity index (χ0) is 12.3. The third-order valence-corrected chi connectivity index (χ3v) is 2.73. The Balaban J connectivity index is 1.97. The van der Waals surface area contributed by atoms with Gasteiger partial charge in [0.15, 0.2) is 5.76 Å². The second-order valence-electron chi connectivity index (χ2n) is 3.12. The molecule has 7 heteroatoms. The molecule has 0 saturated carbocycles. The topological polar surface area (TPSA) is 92.4 Å². The smallest absolute Gasteiger partial charge is 0.371 e. The molecule has 0 atom stereocenters. The van der Waals surface area contributed by atoms with Crippen LogP contribution in [0.3, 0.4) is 0 Å². The lowest BCUT2D eigenvalue weighted by Crippen LogP contribution is -2.21. The summed E-state index contributed by atoms with van der Waals surface area (Å²) in [5, 5.41) is 11.2. The minimum Gasteiger partial charge on any atom is -0.475 e. The Bertz CT molecular complexity index is 532. The fourth-order valence-corrected chi connectivity index (χ4v) is 1.69. The molecule has 2 heterocycles. The number of nitrogens with one attached hydrogen (secondary N) is 1. The number of nitrogens with zero attached hydrogens (tertiary/aromatic N) is 1. The Morgan fingerprint density at radius 3 is 2.76 bits per heavy atom. The van der Waals surface area contributed by atoms with Crippen LogP contribution in [0, 0.1) is 0 Å². The molecule has 0 spiro atoms. The molecule has 0 aliphatic carbocycles. The van der Waals surface area contributed by atoms with E-state index in [1.165, 1.54) is 23.5 Å². The standard InChI is InChI=1S/C10H8N2O4S/c13-9(12-4-6-3-11-5-17-6)7-1-2-8(16-7)10(14)15/h1-3,5H,4H2,(H,12,13)(H,14,15). The predicted molar refractivity (Wildman–Crippen MR) is 59.0 cm³/mol. The van der Waals surface area contributed by atoms with Gasteiger partial charge in [-0.15, -0.1) is 11.3 Å². The fourth-order valence-electron chi connectivity index (χ4n) is 1.16. The third-order valence-electron chi connectivity index (χ3n) is 1.95. The molecule has 6 nitrogen and oxygen atoms in total. The van der Waals surface area contributed by atoms with Crippen LogP contribution in [0.4, 0.5) is 0 Å². The van der Waals surface area contributed by atoms with Gasteiger partial charge in [0, 0.05) is 11.1 Å². The fraction of sp³-hybridized carbons (Fsp3) is 0.100. The lowest BCUT2D eigenvalue weighted by atomic mass is 10.4. The van der Waals surface area contributed by atoms with E-state index in [0.29, 0.717) is 6.54 Å². The average Bonchev–Trinajstić information content (AvgIpc) is 2.96. The maximum Gasteiger partial charge on any atom is 0.371 e. The first-order valence-corrected chi connectivity index (χ1v) is 5.53. The van der Waals surface area contributed by atoms with Crippen LogP contribution in [0.2, 0.25) is 0 Å². The van der Waals surface area contributed by atoms with Gasteiger partial charge in [-0.1, -0.05) is 0 Å². The normalized spacial score (nSPS) is 10.1. The minimum atomic E-state index is -1.20. The van der Waals surface area contributed by atoms with Gasteiger partial charge in [-0.3, -0.25) is 9.78 Å². The molecule has 2 rings (SSSR count). The van der Waals surface area contributed by atoms with E-state index in [2.05, 4.69) is 10.3 Å². The van der Waals surface area contributed by atoms with E-state index in [0.717, 1.165) is 4.88 Å². The van der Waals surface area contributed by atoms with Crippen LogP contribution < -0.4 is 5.32 Å². The van der Waals surface area contributed by atoms with Crippen molar-refractivity contribution in [3.63, 3.8) is 0 Å². The summed E-state index contributed by atoms with van der Waals surface area (Å²) in [6.07, 6.45) is 1.65. The Hall–Kier alpha value is -2.15. The second kappa shape index (κ2) is 4.79. The molecule has 0 bridgehead atoms. The average molecular weight is 252 g/mol. The van der Waals surface area contributed by atoms with Crippen molar-refractivity contribution < 1.29 is 19.1 Å². The molecule has 17 heavy (non-hydrogen) atoms. The Kier molecular flexibility index (Phi) is 3.20. The monoisotopic (exact) mass is 252 g/mol. The van der Waals surface area contributed by atoms with E-state index in [-0.39, 0.29) is 11.5 Å². The highest BCUT2D eigenvalue weighted by molar-refractivity contribution is 7.09. The number of rotatable bonds is 4. The number of carbonyl (C=O) groups excluding carboxylic acids is 1. The number of carboxylic acid groups (broad SMARTS) is 1. The number of furan rings is 1. The summed E-state index contributed by atoms with van der Waals surface area (Å²) >= 11 is 1.42. The number of thiazole rings is 1. The number of amides is 1. The minimum absolute atomic E-state index is 0.0214. The number of hydrogen-bond donors (Lipinski definition) is 2. The summed E-state index contributed by atoms with van der Waals surface area (Å²) in [4.78, 5) is 26.9. The van der Waals surface area contributed by atoms with Crippen molar-refractivity contribution >= 4 is 23.2 Å².